The Morgan fingerprint density at radius 1 is 1.09 bits per heavy atom. The van der Waals surface area contributed by atoms with E-state index in [0.717, 1.165) is 37.4 Å². The molecule has 3 aromatic rings. The smallest absolute Gasteiger partial charge is 0.238 e. The van der Waals surface area contributed by atoms with Crippen LogP contribution in [0.5, 0.6) is 5.75 Å². The molecular weight excluding hydrogens is 458 g/mol. The number of nitrogens with one attached hydrogen (secondary N) is 1. The number of benzene rings is 2. The quantitative estimate of drug-likeness (QED) is 0.524. The Labute approximate surface area is 199 Å². The van der Waals surface area contributed by atoms with E-state index in [2.05, 4.69) is 46.4 Å². The van der Waals surface area contributed by atoms with Crippen molar-refractivity contribution in [2.24, 2.45) is 5.14 Å². The molecular formula is C23H29N5O3S2. The molecule has 0 bridgehead atoms. The molecule has 0 radical (unpaired) electrons. The molecule has 10 heteroatoms. The second kappa shape index (κ2) is 9.68. The highest BCUT2D eigenvalue weighted by Crippen LogP contribution is 2.34. The minimum Gasteiger partial charge on any atom is -0.489 e. The van der Waals surface area contributed by atoms with Crippen LogP contribution in [0.25, 0.3) is 11.3 Å². The Hall–Kier alpha value is -2.66. The molecule has 33 heavy (non-hydrogen) atoms. The zero-order chi connectivity index (χ0) is 23.6. The summed E-state index contributed by atoms with van der Waals surface area (Å²) in [5, 5.41) is 11.1. The summed E-state index contributed by atoms with van der Waals surface area (Å²) in [7, 11) is -1.69. The molecule has 1 fully saturated rings. The van der Waals surface area contributed by atoms with E-state index in [9.17, 15) is 8.42 Å². The highest BCUT2D eigenvalue weighted by molar-refractivity contribution is 7.89. The molecule has 3 N–H and O–H groups in total. The highest BCUT2D eigenvalue weighted by Gasteiger charge is 2.16. The number of thiazole rings is 1. The molecule has 0 unspecified atom stereocenters. The van der Waals surface area contributed by atoms with Crippen LogP contribution in [0, 0.1) is 0 Å². The van der Waals surface area contributed by atoms with E-state index >= 15 is 0 Å². The van der Waals surface area contributed by atoms with E-state index < -0.39 is 10.0 Å². The molecule has 1 aliphatic heterocycles. The van der Waals surface area contributed by atoms with Crippen LogP contribution in [0.3, 0.4) is 0 Å². The topological polar surface area (TPSA) is 101 Å². The van der Waals surface area contributed by atoms with Crippen LogP contribution < -0.4 is 20.1 Å². The van der Waals surface area contributed by atoms with E-state index in [1.165, 1.54) is 29.2 Å². The van der Waals surface area contributed by atoms with E-state index in [-0.39, 0.29) is 11.0 Å². The van der Waals surface area contributed by atoms with Crippen molar-refractivity contribution in [1.82, 2.24) is 9.88 Å². The predicted molar refractivity (Wildman–Crippen MR) is 134 cm³/mol. The lowest BCUT2D eigenvalue weighted by Gasteiger charge is -2.34. The van der Waals surface area contributed by atoms with Gasteiger partial charge in [-0.3, -0.25) is 0 Å². The van der Waals surface area contributed by atoms with Crippen LogP contribution in [0.1, 0.15) is 13.8 Å². The van der Waals surface area contributed by atoms with Crippen LogP contribution in [-0.2, 0) is 10.0 Å². The lowest BCUT2D eigenvalue weighted by atomic mass is 10.1. The maximum atomic E-state index is 11.8. The molecule has 1 saturated heterocycles. The zero-order valence-electron chi connectivity index (χ0n) is 19.0. The molecule has 0 aliphatic carbocycles. The van der Waals surface area contributed by atoms with Crippen molar-refractivity contribution in [2.45, 2.75) is 24.8 Å². The first kappa shape index (κ1) is 23.5. The molecule has 1 aliphatic rings. The third-order valence-electron chi connectivity index (χ3n) is 5.42. The minimum absolute atomic E-state index is 0.0115. The summed E-state index contributed by atoms with van der Waals surface area (Å²) in [6, 6.07) is 13.0. The van der Waals surface area contributed by atoms with E-state index in [4.69, 9.17) is 14.9 Å². The lowest BCUT2D eigenvalue weighted by Crippen LogP contribution is -2.44. The van der Waals surface area contributed by atoms with Gasteiger partial charge in [-0.1, -0.05) is 12.1 Å². The van der Waals surface area contributed by atoms with Crippen molar-refractivity contribution in [2.75, 3.05) is 43.4 Å². The van der Waals surface area contributed by atoms with Gasteiger partial charge in [-0.15, -0.1) is 11.3 Å². The lowest BCUT2D eigenvalue weighted by molar-refractivity contribution is 0.243. The van der Waals surface area contributed by atoms with Crippen molar-refractivity contribution in [3.05, 3.63) is 47.8 Å². The zero-order valence-corrected chi connectivity index (χ0v) is 20.6. The van der Waals surface area contributed by atoms with Gasteiger partial charge in [0.05, 0.1) is 22.4 Å². The summed E-state index contributed by atoms with van der Waals surface area (Å²) in [5.41, 5.74) is 3.59. The van der Waals surface area contributed by atoms with Gasteiger partial charge in [0.25, 0.3) is 0 Å². The first-order valence-corrected chi connectivity index (χ1v) is 13.2. The molecule has 0 spiro atoms. The Balaban J connectivity index is 1.53. The Bertz CT molecular complexity index is 1200. The Morgan fingerprint density at radius 3 is 2.42 bits per heavy atom. The summed E-state index contributed by atoms with van der Waals surface area (Å²) in [6.07, 6.45) is -0.0726. The molecule has 2 heterocycles. The van der Waals surface area contributed by atoms with Crippen LogP contribution in [0.4, 0.5) is 16.5 Å². The standard InChI is InChI=1S/C23H29N5O3S2/c1-16(2)31-22-9-8-19(33(24,29)30)14-20(22)25-23-26-21(15-32-23)17-4-6-18(7-5-17)28-12-10-27(3)11-13-28/h4-9,14-16H,10-13H2,1-3H3,(H,25,26)(H2,24,29,30). The van der Waals surface area contributed by atoms with E-state index in [1.54, 1.807) is 6.07 Å². The molecule has 0 atom stereocenters. The van der Waals surface area contributed by atoms with Gasteiger partial charge < -0.3 is 19.9 Å². The summed E-state index contributed by atoms with van der Waals surface area (Å²) < 4.78 is 29.4. The van der Waals surface area contributed by atoms with Crippen molar-refractivity contribution in [3.8, 4) is 17.0 Å². The fraction of sp³-hybridized carbons (Fsp3) is 0.348. The number of primary sulfonamides is 1. The van der Waals surface area contributed by atoms with Crippen molar-refractivity contribution < 1.29 is 13.2 Å². The summed E-state index contributed by atoms with van der Waals surface area (Å²) in [6.45, 7) is 8.00. The van der Waals surface area contributed by atoms with Gasteiger partial charge in [-0.25, -0.2) is 18.5 Å². The Morgan fingerprint density at radius 2 is 1.79 bits per heavy atom. The number of ether oxygens (including phenoxy) is 1. The SMILES string of the molecule is CC(C)Oc1ccc(S(N)(=O)=O)cc1Nc1nc(-c2ccc(N3CCN(C)CC3)cc2)cs1. The first-order valence-electron chi connectivity index (χ1n) is 10.8. The van der Waals surface area contributed by atoms with Crippen molar-refractivity contribution in [1.29, 1.82) is 0 Å². The average Bonchev–Trinajstić information content (AvgIpc) is 3.23. The number of hydrogen-bond donors (Lipinski definition) is 2. The predicted octanol–water partition coefficient (Wildman–Crippen LogP) is 3.74. The van der Waals surface area contributed by atoms with Gasteiger partial charge in [-0.05, 0) is 51.2 Å². The number of piperazine rings is 1. The molecule has 1 aromatic heterocycles. The van der Waals surface area contributed by atoms with E-state index in [1.807, 2.05) is 19.2 Å². The van der Waals surface area contributed by atoms with Gasteiger partial charge in [-0.2, -0.15) is 0 Å². The molecule has 2 aromatic carbocycles. The summed E-state index contributed by atoms with van der Waals surface area (Å²) >= 11 is 1.44. The Kier molecular flexibility index (Phi) is 6.89. The third kappa shape index (κ3) is 5.83. The van der Waals surface area contributed by atoms with Crippen molar-refractivity contribution in [3.63, 3.8) is 0 Å². The number of nitrogens with zero attached hydrogens (tertiary/aromatic N) is 3. The van der Waals surface area contributed by atoms with Gasteiger partial charge >= 0.3 is 0 Å². The molecule has 4 rings (SSSR count). The minimum atomic E-state index is -3.84. The second-order valence-electron chi connectivity index (χ2n) is 8.37. The third-order valence-corrected chi connectivity index (χ3v) is 7.09. The number of hydrogen-bond acceptors (Lipinski definition) is 8. The number of nitrogens with two attached hydrogens (primary N) is 1. The van der Waals surface area contributed by atoms with Crippen molar-refractivity contribution >= 4 is 37.9 Å². The number of anilines is 3. The highest BCUT2D eigenvalue weighted by atomic mass is 32.2. The van der Waals surface area contributed by atoms with E-state index in [0.29, 0.717) is 16.6 Å². The average molecular weight is 488 g/mol. The molecule has 8 nitrogen and oxygen atoms in total. The van der Waals surface area contributed by atoms with Crippen LogP contribution in [0.2, 0.25) is 0 Å². The summed E-state index contributed by atoms with van der Waals surface area (Å²) in [5.74, 6) is 0.533. The monoisotopic (exact) mass is 487 g/mol. The van der Waals surface area contributed by atoms with Gasteiger partial charge in [0.1, 0.15) is 5.75 Å². The van der Waals surface area contributed by atoms with Gasteiger partial charge in [0.15, 0.2) is 5.13 Å². The molecule has 0 saturated carbocycles. The molecule has 0 amide bonds. The maximum absolute atomic E-state index is 11.8. The van der Waals surface area contributed by atoms with Crippen LogP contribution >= 0.6 is 11.3 Å². The number of sulfonamides is 1. The maximum Gasteiger partial charge on any atom is 0.238 e. The number of rotatable bonds is 7. The number of likely N-dealkylation sites (N-methyl/N-ethyl adjacent to an activating group) is 1. The van der Waals surface area contributed by atoms with Gasteiger partial charge in [0, 0.05) is 42.8 Å². The molecule has 176 valence electrons. The van der Waals surface area contributed by atoms with Gasteiger partial charge in [0.2, 0.25) is 10.0 Å². The second-order valence-corrected chi connectivity index (χ2v) is 10.8. The van der Waals surface area contributed by atoms with Crippen LogP contribution in [0.15, 0.2) is 52.7 Å². The number of aromatic nitrogens is 1. The fourth-order valence-corrected chi connectivity index (χ4v) is 4.90. The van der Waals surface area contributed by atoms with Crippen LogP contribution in [-0.4, -0.2) is 57.6 Å². The summed E-state index contributed by atoms with van der Waals surface area (Å²) in [4.78, 5) is 9.44. The first-order chi connectivity index (χ1) is 15.7. The normalized spacial score (nSPS) is 15.1. The fourth-order valence-electron chi connectivity index (χ4n) is 3.63. The largest absolute Gasteiger partial charge is 0.489 e.